The van der Waals surface area contributed by atoms with E-state index < -0.39 is 5.82 Å². The van der Waals surface area contributed by atoms with E-state index in [1.807, 2.05) is 24.3 Å². The second-order valence-corrected chi connectivity index (χ2v) is 6.76. The maximum atomic E-state index is 13.6. The highest BCUT2D eigenvalue weighted by atomic mass is 32.2. The van der Waals surface area contributed by atoms with Crippen LogP contribution in [0, 0.1) is 5.82 Å². The van der Waals surface area contributed by atoms with Gasteiger partial charge in [-0.1, -0.05) is 23.9 Å². The Morgan fingerprint density at radius 1 is 1.32 bits per heavy atom. The molecule has 1 aromatic heterocycles. The van der Waals surface area contributed by atoms with Gasteiger partial charge in [-0.05, 0) is 30.3 Å². The highest BCUT2D eigenvalue weighted by Crippen LogP contribution is 2.30. The standard InChI is InChI=1S/C16H12FNO2S2/c1-20-14-7-6-10(8-11(14)17)13(19)9-21-16-18-12-4-2-3-5-15(12)22-16/h2-8H,9H2,1H3. The predicted octanol–water partition coefficient (Wildman–Crippen LogP) is 4.42. The summed E-state index contributed by atoms with van der Waals surface area (Å²) in [5.41, 5.74) is 1.27. The smallest absolute Gasteiger partial charge is 0.173 e. The van der Waals surface area contributed by atoms with Gasteiger partial charge in [-0.2, -0.15) is 0 Å². The van der Waals surface area contributed by atoms with Gasteiger partial charge in [-0.15, -0.1) is 11.3 Å². The fraction of sp³-hybridized carbons (Fsp3) is 0.125. The van der Waals surface area contributed by atoms with E-state index in [1.54, 1.807) is 17.4 Å². The fourth-order valence-corrected chi connectivity index (χ4v) is 3.93. The van der Waals surface area contributed by atoms with Crippen LogP contribution >= 0.6 is 23.1 Å². The first-order chi connectivity index (χ1) is 10.7. The van der Waals surface area contributed by atoms with Crippen LogP contribution in [0.15, 0.2) is 46.8 Å². The summed E-state index contributed by atoms with van der Waals surface area (Å²) in [5.74, 6) is -0.300. The van der Waals surface area contributed by atoms with Crippen molar-refractivity contribution in [3.63, 3.8) is 0 Å². The van der Waals surface area contributed by atoms with Crippen molar-refractivity contribution in [3.8, 4) is 5.75 Å². The molecular formula is C16H12FNO2S2. The molecule has 22 heavy (non-hydrogen) atoms. The quantitative estimate of drug-likeness (QED) is 0.512. The number of hydrogen-bond donors (Lipinski definition) is 0. The molecule has 0 saturated carbocycles. The lowest BCUT2D eigenvalue weighted by Gasteiger charge is -2.04. The number of Topliss-reactive ketones (excluding diaryl/α,β-unsaturated/α-hetero) is 1. The van der Waals surface area contributed by atoms with Gasteiger partial charge in [-0.3, -0.25) is 4.79 Å². The summed E-state index contributed by atoms with van der Waals surface area (Å²) >= 11 is 2.92. The van der Waals surface area contributed by atoms with E-state index in [2.05, 4.69) is 4.98 Å². The third-order valence-corrected chi connectivity index (χ3v) is 5.25. The van der Waals surface area contributed by atoms with Crippen LogP contribution in [0.25, 0.3) is 10.2 Å². The lowest BCUT2D eigenvalue weighted by atomic mass is 10.1. The zero-order chi connectivity index (χ0) is 15.5. The average Bonchev–Trinajstić information content (AvgIpc) is 2.95. The number of thiazole rings is 1. The van der Waals surface area contributed by atoms with Crippen LogP contribution in [0.2, 0.25) is 0 Å². The molecule has 6 heteroatoms. The first-order valence-electron chi connectivity index (χ1n) is 6.52. The number of benzene rings is 2. The van der Waals surface area contributed by atoms with Crippen molar-refractivity contribution in [3.05, 3.63) is 53.8 Å². The van der Waals surface area contributed by atoms with Crippen molar-refractivity contribution in [1.82, 2.24) is 4.98 Å². The molecule has 0 aliphatic carbocycles. The number of aromatic nitrogens is 1. The molecule has 2 aromatic carbocycles. The van der Waals surface area contributed by atoms with Gasteiger partial charge in [0.2, 0.25) is 0 Å². The summed E-state index contributed by atoms with van der Waals surface area (Å²) in [6.07, 6.45) is 0. The maximum Gasteiger partial charge on any atom is 0.173 e. The van der Waals surface area contributed by atoms with Crippen molar-refractivity contribution < 1.29 is 13.9 Å². The van der Waals surface area contributed by atoms with Crippen LogP contribution in [-0.2, 0) is 0 Å². The number of halogens is 1. The summed E-state index contributed by atoms with van der Waals surface area (Å²) in [5, 5.41) is 0. The van der Waals surface area contributed by atoms with Crippen LogP contribution in [0.1, 0.15) is 10.4 Å². The molecule has 3 aromatic rings. The molecule has 0 spiro atoms. The molecular weight excluding hydrogens is 321 g/mol. The Labute approximate surface area is 135 Å². The number of nitrogens with zero attached hydrogens (tertiary/aromatic N) is 1. The first kappa shape index (κ1) is 15.0. The van der Waals surface area contributed by atoms with Gasteiger partial charge in [0, 0.05) is 5.56 Å². The minimum absolute atomic E-state index is 0.134. The third-order valence-electron chi connectivity index (χ3n) is 3.07. The van der Waals surface area contributed by atoms with Crippen molar-refractivity contribution in [2.45, 2.75) is 4.34 Å². The van der Waals surface area contributed by atoms with Crippen molar-refractivity contribution in [2.75, 3.05) is 12.9 Å². The number of rotatable bonds is 5. The highest BCUT2D eigenvalue weighted by Gasteiger charge is 2.12. The molecule has 112 valence electrons. The minimum atomic E-state index is -0.529. The molecule has 0 saturated heterocycles. The van der Waals surface area contributed by atoms with E-state index in [1.165, 1.54) is 31.0 Å². The van der Waals surface area contributed by atoms with Gasteiger partial charge < -0.3 is 4.74 Å². The predicted molar refractivity (Wildman–Crippen MR) is 87.6 cm³/mol. The molecule has 0 unspecified atom stereocenters. The van der Waals surface area contributed by atoms with Crippen LogP contribution in [-0.4, -0.2) is 23.6 Å². The molecule has 3 rings (SSSR count). The topological polar surface area (TPSA) is 39.2 Å². The number of ether oxygens (including phenoxy) is 1. The number of carbonyl (C=O) groups excluding carboxylic acids is 1. The molecule has 0 amide bonds. The first-order valence-corrected chi connectivity index (χ1v) is 8.32. The van der Waals surface area contributed by atoms with E-state index in [4.69, 9.17) is 4.74 Å². The summed E-state index contributed by atoms with van der Waals surface area (Å²) in [4.78, 5) is 16.6. The summed E-state index contributed by atoms with van der Waals surface area (Å²) in [6.45, 7) is 0. The Morgan fingerprint density at radius 3 is 2.86 bits per heavy atom. The Kier molecular flexibility index (Phi) is 4.40. The number of para-hydroxylation sites is 1. The average molecular weight is 333 g/mol. The molecule has 0 aliphatic heterocycles. The van der Waals surface area contributed by atoms with Gasteiger partial charge in [0.1, 0.15) is 0 Å². The number of methoxy groups -OCH3 is 1. The second kappa shape index (κ2) is 6.46. The number of ketones is 1. The van der Waals surface area contributed by atoms with Crippen LogP contribution in [0.5, 0.6) is 5.75 Å². The molecule has 0 radical (unpaired) electrons. The summed E-state index contributed by atoms with van der Waals surface area (Å²) in [7, 11) is 1.39. The van der Waals surface area contributed by atoms with Crippen LogP contribution < -0.4 is 4.74 Å². The molecule has 0 aliphatic rings. The molecule has 0 fully saturated rings. The zero-order valence-electron chi connectivity index (χ0n) is 11.7. The minimum Gasteiger partial charge on any atom is -0.494 e. The highest BCUT2D eigenvalue weighted by molar-refractivity contribution is 8.01. The second-order valence-electron chi connectivity index (χ2n) is 4.51. The van der Waals surface area contributed by atoms with Crippen molar-refractivity contribution in [1.29, 1.82) is 0 Å². The summed E-state index contributed by atoms with van der Waals surface area (Å²) < 4.78 is 20.4. The third kappa shape index (κ3) is 3.13. The summed E-state index contributed by atoms with van der Waals surface area (Å²) in [6, 6.07) is 12.1. The number of thioether (sulfide) groups is 1. The number of fused-ring (bicyclic) bond motifs is 1. The lowest BCUT2D eigenvalue weighted by Crippen LogP contribution is -2.03. The Hall–Kier alpha value is -1.92. The lowest BCUT2D eigenvalue weighted by molar-refractivity contribution is 0.102. The van der Waals surface area contributed by atoms with Gasteiger partial charge in [0.05, 0.1) is 23.1 Å². The number of carbonyl (C=O) groups is 1. The van der Waals surface area contributed by atoms with E-state index >= 15 is 0 Å². The van der Waals surface area contributed by atoms with Crippen molar-refractivity contribution in [2.24, 2.45) is 0 Å². The van der Waals surface area contributed by atoms with Crippen LogP contribution in [0.3, 0.4) is 0 Å². The fourth-order valence-electron chi connectivity index (χ4n) is 1.96. The Bertz CT molecular complexity index is 799. The molecule has 1 heterocycles. The van der Waals surface area contributed by atoms with Crippen LogP contribution in [0.4, 0.5) is 4.39 Å². The molecule has 0 bridgehead atoms. The number of hydrogen-bond acceptors (Lipinski definition) is 5. The Morgan fingerprint density at radius 2 is 2.14 bits per heavy atom. The molecule has 0 N–H and O–H groups in total. The van der Waals surface area contributed by atoms with E-state index in [9.17, 15) is 9.18 Å². The molecule has 3 nitrogen and oxygen atoms in total. The van der Waals surface area contributed by atoms with E-state index in [-0.39, 0.29) is 17.3 Å². The molecule has 0 atom stereocenters. The van der Waals surface area contributed by atoms with E-state index in [0.717, 1.165) is 14.6 Å². The van der Waals surface area contributed by atoms with Crippen molar-refractivity contribution >= 4 is 39.1 Å². The van der Waals surface area contributed by atoms with Gasteiger partial charge in [-0.25, -0.2) is 9.37 Å². The maximum absolute atomic E-state index is 13.6. The van der Waals surface area contributed by atoms with Gasteiger partial charge in [0.25, 0.3) is 0 Å². The largest absolute Gasteiger partial charge is 0.494 e. The normalized spacial score (nSPS) is 10.8. The van der Waals surface area contributed by atoms with E-state index in [0.29, 0.717) is 5.56 Å². The Balaban J connectivity index is 1.70. The van der Waals surface area contributed by atoms with Gasteiger partial charge >= 0.3 is 0 Å². The monoisotopic (exact) mass is 333 g/mol. The zero-order valence-corrected chi connectivity index (χ0v) is 13.3. The SMILES string of the molecule is COc1ccc(C(=O)CSc2nc3ccccc3s2)cc1F. The van der Waals surface area contributed by atoms with Gasteiger partial charge in [0.15, 0.2) is 21.7 Å².